The third-order valence-electron chi connectivity index (χ3n) is 3.24. The predicted molar refractivity (Wildman–Crippen MR) is 69.6 cm³/mol. The molecule has 0 bridgehead atoms. The number of aliphatic hydroxyl groups is 1. The van der Waals surface area contributed by atoms with Gasteiger partial charge in [-0.05, 0) is 24.4 Å². The molecule has 0 amide bonds. The minimum Gasteiger partial charge on any atom is -0.490 e. The number of nitrogens with two attached hydrogens (primary N) is 1. The van der Waals surface area contributed by atoms with Crippen LogP contribution in [0.5, 0.6) is 5.75 Å². The molecule has 17 heavy (non-hydrogen) atoms. The van der Waals surface area contributed by atoms with Crippen LogP contribution in [0.3, 0.4) is 0 Å². The van der Waals surface area contributed by atoms with Gasteiger partial charge < -0.3 is 20.9 Å². The molecule has 1 aromatic rings. The van der Waals surface area contributed by atoms with Crippen molar-refractivity contribution in [2.24, 2.45) is 0 Å². The lowest BCUT2D eigenvalue weighted by Crippen LogP contribution is -2.38. The number of hydrogen-bond acceptors (Lipinski definition) is 6. The third kappa shape index (κ3) is 2.81. The van der Waals surface area contributed by atoms with Crippen LogP contribution in [-0.2, 0) is 0 Å². The largest absolute Gasteiger partial charge is 0.490 e. The van der Waals surface area contributed by atoms with Crippen molar-refractivity contribution < 1.29 is 9.84 Å². The summed E-state index contributed by atoms with van der Waals surface area (Å²) in [4.78, 5) is 0. The number of nitrogen functional groups attached to an aromatic ring is 1. The first kappa shape index (κ1) is 12.4. The average molecular weight is 257 g/mol. The van der Waals surface area contributed by atoms with E-state index in [1.54, 1.807) is 7.11 Å². The Morgan fingerprint density at radius 1 is 1.47 bits per heavy atom. The van der Waals surface area contributed by atoms with Gasteiger partial charge in [-0.1, -0.05) is 19.3 Å². The van der Waals surface area contributed by atoms with Crippen molar-refractivity contribution in [3.8, 4) is 5.75 Å². The maximum Gasteiger partial charge on any atom is 0.197 e. The fourth-order valence-electron chi connectivity index (χ4n) is 2.24. The fourth-order valence-corrected chi connectivity index (χ4v) is 2.92. The molecule has 0 radical (unpaired) electrons. The smallest absolute Gasteiger partial charge is 0.197 e. The van der Waals surface area contributed by atoms with Gasteiger partial charge in [-0.2, -0.15) is 4.37 Å². The summed E-state index contributed by atoms with van der Waals surface area (Å²) in [6.07, 6.45) is 5.13. The van der Waals surface area contributed by atoms with Crippen LogP contribution in [0.2, 0.25) is 0 Å². The normalized spacial score (nSPS) is 18.9. The molecular weight excluding hydrogens is 238 g/mol. The predicted octanol–water partition coefficient (Wildman–Crippen LogP) is 1.84. The molecule has 0 atom stereocenters. The molecule has 1 aliphatic rings. The molecule has 0 aromatic carbocycles. The Hall–Kier alpha value is -1.01. The van der Waals surface area contributed by atoms with Crippen LogP contribution in [-0.4, -0.2) is 28.7 Å². The minimum absolute atomic E-state index is 0.399. The van der Waals surface area contributed by atoms with Crippen LogP contribution in [0.15, 0.2) is 0 Å². The Bertz CT molecular complexity index is 375. The highest BCUT2D eigenvalue weighted by molar-refractivity contribution is 7.11. The van der Waals surface area contributed by atoms with E-state index in [9.17, 15) is 5.11 Å². The number of nitrogens with one attached hydrogen (secondary N) is 1. The molecule has 1 saturated carbocycles. The number of hydrogen-bond donors (Lipinski definition) is 3. The van der Waals surface area contributed by atoms with E-state index in [2.05, 4.69) is 9.69 Å². The zero-order valence-corrected chi connectivity index (χ0v) is 10.8. The first-order valence-corrected chi connectivity index (χ1v) is 6.67. The zero-order valence-electron chi connectivity index (χ0n) is 10.0. The summed E-state index contributed by atoms with van der Waals surface area (Å²) in [6, 6.07) is 0. The van der Waals surface area contributed by atoms with E-state index < -0.39 is 5.60 Å². The topological polar surface area (TPSA) is 80.4 Å². The van der Waals surface area contributed by atoms with Gasteiger partial charge in [-0.15, -0.1) is 0 Å². The van der Waals surface area contributed by atoms with Crippen molar-refractivity contribution >= 4 is 22.4 Å². The van der Waals surface area contributed by atoms with E-state index in [0.29, 0.717) is 18.1 Å². The highest BCUT2D eigenvalue weighted by Gasteiger charge is 2.29. The summed E-state index contributed by atoms with van der Waals surface area (Å²) in [5.41, 5.74) is 5.07. The number of rotatable bonds is 4. The van der Waals surface area contributed by atoms with Gasteiger partial charge in [0.2, 0.25) is 0 Å². The van der Waals surface area contributed by atoms with Crippen LogP contribution in [0.25, 0.3) is 0 Å². The molecule has 5 nitrogen and oxygen atoms in total. The van der Waals surface area contributed by atoms with Gasteiger partial charge in [-0.3, -0.25) is 0 Å². The first-order valence-electron chi connectivity index (χ1n) is 5.90. The molecular formula is C11H19N3O2S. The van der Waals surface area contributed by atoms with Gasteiger partial charge in [0.1, 0.15) is 0 Å². The standard InChI is InChI=1S/C11H19N3O2S/c1-16-8-9(12)14-17-10(8)13-7-11(15)5-3-2-4-6-11/h13,15H,2-7H2,1H3,(H2,12,14). The van der Waals surface area contributed by atoms with Crippen LogP contribution in [0.1, 0.15) is 32.1 Å². The van der Waals surface area contributed by atoms with Crippen LogP contribution < -0.4 is 15.8 Å². The maximum atomic E-state index is 10.4. The van der Waals surface area contributed by atoms with Gasteiger partial charge in [-0.25, -0.2) is 0 Å². The van der Waals surface area contributed by atoms with E-state index in [1.165, 1.54) is 18.0 Å². The highest BCUT2D eigenvalue weighted by atomic mass is 32.1. The Balaban J connectivity index is 1.96. The van der Waals surface area contributed by atoms with Crippen molar-refractivity contribution in [1.29, 1.82) is 0 Å². The lowest BCUT2D eigenvalue weighted by atomic mass is 9.85. The van der Waals surface area contributed by atoms with Crippen molar-refractivity contribution in [2.75, 3.05) is 24.7 Å². The van der Waals surface area contributed by atoms with Crippen LogP contribution in [0.4, 0.5) is 10.8 Å². The number of nitrogens with zero attached hydrogens (tertiary/aromatic N) is 1. The molecule has 1 fully saturated rings. The Labute approximate surface area is 105 Å². The van der Waals surface area contributed by atoms with Gasteiger partial charge in [0, 0.05) is 6.54 Å². The molecule has 1 heterocycles. The van der Waals surface area contributed by atoms with Gasteiger partial charge >= 0.3 is 0 Å². The summed E-state index contributed by atoms with van der Waals surface area (Å²) < 4.78 is 9.19. The molecule has 4 N–H and O–H groups in total. The molecule has 6 heteroatoms. The molecule has 0 aliphatic heterocycles. The Morgan fingerprint density at radius 3 is 2.82 bits per heavy atom. The first-order chi connectivity index (χ1) is 8.14. The summed E-state index contributed by atoms with van der Waals surface area (Å²) in [5.74, 6) is 0.977. The van der Waals surface area contributed by atoms with Gasteiger partial charge in [0.25, 0.3) is 0 Å². The maximum absolute atomic E-state index is 10.4. The third-order valence-corrected chi connectivity index (χ3v) is 4.04. The van der Waals surface area contributed by atoms with Crippen molar-refractivity contribution in [1.82, 2.24) is 4.37 Å². The van der Waals surface area contributed by atoms with Crippen LogP contribution in [0, 0.1) is 0 Å². The second-order valence-electron chi connectivity index (χ2n) is 4.57. The second-order valence-corrected chi connectivity index (χ2v) is 5.34. The zero-order chi connectivity index (χ0) is 12.3. The van der Waals surface area contributed by atoms with E-state index in [4.69, 9.17) is 10.5 Å². The van der Waals surface area contributed by atoms with E-state index in [-0.39, 0.29) is 0 Å². The van der Waals surface area contributed by atoms with Crippen LogP contribution >= 0.6 is 11.5 Å². The highest BCUT2D eigenvalue weighted by Crippen LogP contribution is 2.36. The van der Waals surface area contributed by atoms with Crippen molar-refractivity contribution in [2.45, 2.75) is 37.7 Å². The fraction of sp³-hybridized carbons (Fsp3) is 0.727. The number of ether oxygens (including phenoxy) is 1. The van der Waals surface area contributed by atoms with Gasteiger partial charge in [0.05, 0.1) is 12.7 Å². The average Bonchev–Trinajstić information content (AvgIpc) is 2.68. The number of aromatic nitrogens is 1. The molecule has 1 aliphatic carbocycles. The summed E-state index contributed by atoms with van der Waals surface area (Å²) in [7, 11) is 1.57. The summed E-state index contributed by atoms with van der Waals surface area (Å²) >= 11 is 1.27. The second kappa shape index (κ2) is 5.10. The minimum atomic E-state index is -0.595. The van der Waals surface area contributed by atoms with E-state index >= 15 is 0 Å². The van der Waals surface area contributed by atoms with Gasteiger partial charge in [0.15, 0.2) is 16.6 Å². The monoisotopic (exact) mass is 257 g/mol. The lowest BCUT2D eigenvalue weighted by molar-refractivity contribution is 0.0167. The lowest BCUT2D eigenvalue weighted by Gasteiger charge is -2.32. The Morgan fingerprint density at radius 2 is 2.18 bits per heavy atom. The van der Waals surface area contributed by atoms with Crippen molar-refractivity contribution in [3.05, 3.63) is 0 Å². The molecule has 1 aromatic heterocycles. The molecule has 0 saturated heterocycles. The number of methoxy groups -OCH3 is 1. The molecule has 96 valence electrons. The van der Waals surface area contributed by atoms with Crippen molar-refractivity contribution in [3.63, 3.8) is 0 Å². The van der Waals surface area contributed by atoms with E-state index in [1.807, 2.05) is 0 Å². The Kier molecular flexibility index (Phi) is 3.73. The molecule has 0 unspecified atom stereocenters. The van der Waals surface area contributed by atoms with E-state index in [0.717, 1.165) is 30.7 Å². The number of anilines is 2. The molecule has 2 rings (SSSR count). The molecule has 0 spiro atoms. The quantitative estimate of drug-likeness (QED) is 0.767. The SMILES string of the molecule is COc1c(N)nsc1NCC1(O)CCCCC1. The summed E-state index contributed by atoms with van der Waals surface area (Å²) in [5, 5.41) is 14.3. The summed E-state index contributed by atoms with van der Waals surface area (Å²) in [6.45, 7) is 0.533.